The normalized spacial score (nSPS) is 15.0. The van der Waals surface area contributed by atoms with Gasteiger partial charge in [0.15, 0.2) is 0 Å². The molecule has 3 aromatic rings. The smallest absolute Gasteiger partial charge is 0.270 e. The molecule has 4 rings (SSSR count). The molecule has 196 valence electrons. The number of carbonyl (C=O) groups excluding carboxylic acids is 1. The zero-order valence-corrected chi connectivity index (χ0v) is 22.5. The first-order chi connectivity index (χ1) is 17.8. The predicted octanol–water partition coefficient (Wildman–Crippen LogP) is 6.72. The zero-order valence-electron chi connectivity index (χ0n) is 21.8. The topological polar surface area (TPSA) is 54.5 Å². The van der Waals surface area contributed by atoms with Gasteiger partial charge in [-0.05, 0) is 69.3 Å². The summed E-state index contributed by atoms with van der Waals surface area (Å²) in [4.78, 5) is 19.7. The summed E-state index contributed by atoms with van der Waals surface area (Å²) in [5, 5.41) is 3.55. The Balaban J connectivity index is 1.69. The Hall–Kier alpha value is -2.96. The molecule has 7 heteroatoms. The number of carbonyl (C=O) groups is 1. The standard InChI is InChI=1S/C30H35ClFN3O2/c1-20-9-7-8-12-24(20)25-14-16-27(30(36)33-23-10-5-4-6-11-23)34-29(25)21-13-15-26(31)28(17-21)37-19-22(32)18-35(2)3/h7-9,12-17,22-23H,4-6,10-11,18-19H2,1-3H3,(H,33,36). The number of alkyl halides is 1. The second-order valence-corrected chi connectivity index (χ2v) is 10.4. The number of aromatic nitrogens is 1. The number of benzene rings is 2. The molecule has 1 unspecified atom stereocenters. The molecule has 1 heterocycles. The predicted molar refractivity (Wildman–Crippen MR) is 148 cm³/mol. The molecule has 1 aromatic heterocycles. The lowest BCUT2D eigenvalue weighted by Gasteiger charge is -2.23. The average Bonchev–Trinajstić information content (AvgIpc) is 2.88. The van der Waals surface area contributed by atoms with Gasteiger partial charge in [0.1, 0.15) is 24.2 Å². The minimum Gasteiger partial charge on any atom is -0.489 e. The van der Waals surface area contributed by atoms with Gasteiger partial charge in [0.25, 0.3) is 5.91 Å². The summed E-state index contributed by atoms with van der Waals surface area (Å²) in [5.41, 5.74) is 4.78. The Bertz CT molecular complexity index is 1230. The third-order valence-corrected chi connectivity index (χ3v) is 7.00. The summed E-state index contributed by atoms with van der Waals surface area (Å²) < 4.78 is 20.1. The van der Waals surface area contributed by atoms with Crippen LogP contribution in [-0.2, 0) is 0 Å². The van der Waals surface area contributed by atoms with Crippen molar-refractivity contribution in [1.29, 1.82) is 0 Å². The highest BCUT2D eigenvalue weighted by Crippen LogP contribution is 2.36. The van der Waals surface area contributed by atoms with Gasteiger partial charge in [0, 0.05) is 23.7 Å². The molecule has 0 saturated heterocycles. The van der Waals surface area contributed by atoms with E-state index in [1.807, 2.05) is 57.4 Å². The van der Waals surface area contributed by atoms with Gasteiger partial charge in [-0.15, -0.1) is 0 Å². The number of nitrogens with zero attached hydrogens (tertiary/aromatic N) is 2. The number of halogens is 2. The van der Waals surface area contributed by atoms with Gasteiger partial charge < -0.3 is 15.0 Å². The van der Waals surface area contributed by atoms with Crippen LogP contribution in [0.15, 0.2) is 54.6 Å². The maximum absolute atomic E-state index is 14.3. The van der Waals surface area contributed by atoms with Gasteiger partial charge in [-0.25, -0.2) is 9.37 Å². The molecular weight excluding hydrogens is 489 g/mol. The number of hydrogen-bond acceptors (Lipinski definition) is 4. The molecule has 0 aliphatic heterocycles. The summed E-state index contributed by atoms with van der Waals surface area (Å²) in [5.74, 6) is 0.217. The molecule has 1 fully saturated rings. The van der Waals surface area contributed by atoms with E-state index in [1.54, 1.807) is 23.1 Å². The monoisotopic (exact) mass is 523 g/mol. The summed E-state index contributed by atoms with van der Waals surface area (Å²) in [6, 6.07) is 17.3. The minimum atomic E-state index is -1.15. The Labute approximate surface area is 224 Å². The van der Waals surface area contributed by atoms with E-state index in [0.717, 1.165) is 47.9 Å². The quantitative estimate of drug-likeness (QED) is 0.338. The van der Waals surface area contributed by atoms with Crippen molar-refractivity contribution in [3.63, 3.8) is 0 Å². The van der Waals surface area contributed by atoms with Gasteiger partial charge in [-0.3, -0.25) is 4.79 Å². The Morgan fingerprint density at radius 1 is 1.11 bits per heavy atom. The molecule has 0 radical (unpaired) electrons. The highest BCUT2D eigenvalue weighted by Gasteiger charge is 2.20. The molecule has 1 aliphatic carbocycles. The number of nitrogens with one attached hydrogen (secondary N) is 1. The van der Waals surface area contributed by atoms with Crippen LogP contribution in [0.2, 0.25) is 5.02 Å². The summed E-state index contributed by atoms with van der Waals surface area (Å²) in [6.07, 6.45) is 4.35. The van der Waals surface area contributed by atoms with E-state index in [4.69, 9.17) is 21.3 Å². The maximum Gasteiger partial charge on any atom is 0.270 e. The fraction of sp³-hybridized carbons (Fsp3) is 0.400. The Kier molecular flexibility index (Phi) is 9.17. The van der Waals surface area contributed by atoms with E-state index in [1.165, 1.54) is 6.42 Å². The van der Waals surface area contributed by atoms with Crippen molar-refractivity contribution < 1.29 is 13.9 Å². The number of ether oxygens (including phenoxy) is 1. The van der Waals surface area contributed by atoms with Gasteiger partial charge in [0.2, 0.25) is 0 Å². The Morgan fingerprint density at radius 3 is 2.59 bits per heavy atom. The fourth-order valence-electron chi connectivity index (χ4n) is 4.79. The number of amides is 1. The van der Waals surface area contributed by atoms with Crippen LogP contribution in [0.5, 0.6) is 5.75 Å². The first-order valence-corrected chi connectivity index (χ1v) is 13.3. The number of hydrogen-bond donors (Lipinski definition) is 1. The van der Waals surface area contributed by atoms with Crippen LogP contribution in [0.3, 0.4) is 0 Å². The van der Waals surface area contributed by atoms with Crippen LogP contribution in [0.1, 0.15) is 48.2 Å². The fourth-order valence-corrected chi connectivity index (χ4v) is 4.97. The van der Waals surface area contributed by atoms with Crippen molar-refractivity contribution >= 4 is 17.5 Å². The second-order valence-electron chi connectivity index (χ2n) is 10.0. The highest BCUT2D eigenvalue weighted by molar-refractivity contribution is 6.32. The molecule has 1 N–H and O–H groups in total. The molecule has 1 saturated carbocycles. The third kappa shape index (κ3) is 7.08. The molecule has 1 atom stereocenters. The molecule has 1 aliphatic rings. The Morgan fingerprint density at radius 2 is 1.86 bits per heavy atom. The van der Waals surface area contributed by atoms with Crippen LogP contribution < -0.4 is 10.1 Å². The van der Waals surface area contributed by atoms with Crippen LogP contribution in [0.25, 0.3) is 22.4 Å². The molecule has 37 heavy (non-hydrogen) atoms. The SMILES string of the molecule is Cc1ccccc1-c1ccc(C(=O)NC2CCCCC2)nc1-c1ccc(Cl)c(OCC(F)CN(C)C)c1. The average molecular weight is 524 g/mol. The van der Waals surface area contributed by atoms with Gasteiger partial charge in [0.05, 0.1) is 10.7 Å². The zero-order chi connectivity index (χ0) is 26.4. The minimum absolute atomic E-state index is 0.108. The van der Waals surface area contributed by atoms with E-state index in [2.05, 4.69) is 5.32 Å². The van der Waals surface area contributed by atoms with Crippen LogP contribution in [0, 0.1) is 6.92 Å². The van der Waals surface area contributed by atoms with Crippen LogP contribution in [-0.4, -0.2) is 55.3 Å². The molecule has 2 aromatic carbocycles. The molecule has 0 bridgehead atoms. The summed E-state index contributed by atoms with van der Waals surface area (Å²) in [6.45, 7) is 2.20. The molecule has 1 amide bonds. The molecular formula is C30H35ClFN3O2. The lowest BCUT2D eigenvalue weighted by atomic mass is 9.94. The van der Waals surface area contributed by atoms with Crippen molar-refractivity contribution in [1.82, 2.24) is 15.2 Å². The maximum atomic E-state index is 14.3. The van der Waals surface area contributed by atoms with E-state index in [-0.39, 0.29) is 25.1 Å². The number of aryl methyl sites for hydroxylation is 1. The first-order valence-electron chi connectivity index (χ1n) is 12.9. The van der Waals surface area contributed by atoms with Crippen molar-refractivity contribution in [2.24, 2.45) is 0 Å². The highest BCUT2D eigenvalue weighted by atomic mass is 35.5. The summed E-state index contributed by atoms with van der Waals surface area (Å²) in [7, 11) is 3.63. The van der Waals surface area contributed by atoms with E-state index < -0.39 is 6.17 Å². The molecule has 0 spiro atoms. The number of rotatable bonds is 9. The summed E-state index contributed by atoms with van der Waals surface area (Å²) >= 11 is 6.40. The second kappa shape index (κ2) is 12.5. The number of pyridine rings is 1. The van der Waals surface area contributed by atoms with Gasteiger partial charge in [-0.1, -0.05) is 61.2 Å². The third-order valence-electron chi connectivity index (χ3n) is 6.69. The van der Waals surface area contributed by atoms with E-state index in [9.17, 15) is 9.18 Å². The largest absolute Gasteiger partial charge is 0.489 e. The van der Waals surface area contributed by atoms with Gasteiger partial charge in [-0.2, -0.15) is 0 Å². The lowest BCUT2D eigenvalue weighted by molar-refractivity contribution is 0.0923. The van der Waals surface area contributed by atoms with E-state index in [0.29, 0.717) is 22.2 Å². The molecule has 5 nitrogen and oxygen atoms in total. The van der Waals surface area contributed by atoms with Crippen molar-refractivity contribution in [3.8, 4) is 28.1 Å². The van der Waals surface area contributed by atoms with Gasteiger partial charge >= 0.3 is 0 Å². The van der Waals surface area contributed by atoms with E-state index >= 15 is 0 Å². The van der Waals surface area contributed by atoms with Crippen LogP contribution in [0.4, 0.5) is 4.39 Å². The van der Waals surface area contributed by atoms with Crippen molar-refractivity contribution in [2.45, 2.75) is 51.2 Å². The van der Waals surface area contributed by atoms with Crippen LogP contribution >= 0.6 is 11.6 Å². The first kappa shape index (κ1) is 27.1. The van der Waals surface area contributed by atoms with Crippen molar-refractivity contribution in [2.75, 3.05) is 27.2 Å². The lowest BCUT2D eigenvalue weighted by Crippen LogP contribution is -2.36. The van der Waals surface area contributed by atoms with Crippen molar-refractivity contribution in [3.05, 3.63) is 70.9 Å².